The second-order valence-corrected chi connectivity index (χ2v) is 7.24. The van der Waals surface area contributed by atoms with Crippen LogP contribution in [0.5, 0.6) is 0 Å². The number of halogens is 1. The molecule has 2 heterocycles. The van der Waals surface area contributed by atoms with Gasteiger partial charge in [-0.2, -0.15) is 0 Å². The van der Waals surface area contributed by atoms with Gasteiger partial charge in [-0.3, -0.25) is 4.90 Å². The van der Waals surface area contributed by atoms with Crippen molar-refractivity contribution in [2.45, 2.75) is 32.2 Å². The fourth-order valence-electron chi connectivity index (χ4n) is 3.11. The molecule has 0 radical (unpaired) electrons. The Balaban J connectivity index is 1.87. The predicted molar refractivity (Wildman–Crippen MR) is 97.6 cm³/mol. The summed E-state index contributed by atoms with van der Waals surface area (Å²) in [4.78, 5) is 4.10. The van der Waals surface area contributed by atoms with Crippen LogP contribution in [0, 0.1) is 0 Å². The molecule has 1 atom stereocenters. The largest absolute Gasteiger partial charge is 0.292 e. The van der Waals surface area contributed by atoms with Gasteiger partial charge in [-0.25, -0.2) is 0 Å². The van der Waals surface area contributed by atoms with Gasteiger partial charge < -0.3 is 0 Å². The number of unbranched alkanes of at least 4 members (excludes halogenated alkanes) is 1. The summed E-state index contributed by atoms with van der Waals surface area (Å²) in [7, 11) is 0. The lowest BCUT2D eigenvalue weighted by atomic mass is 10.0. The summed E-state index contributed by atoms with van der Waals surface area (Å²) in [5, 5.41) is 2.99. The highest BCUT2D eigenvalue weighted by Gasteiger charge is 2.30. The maximum atomic E-state index is 5.99. The van der Waals surface area contributed by atoms with E-state index in [2.05, 4.69) is 47.5 Å². The fourth-order valence-corrected chi connectivity index (χ4v) is 4.14. The molecule has 3 heteroatoms. The van der Waals surface area contributed by atoms with Gasteiger partial charge in [0, 0.05) is 16.4 Å². The van der Waals surface area contributed by atoms with Gasteiger partial charge in [0.1, 0.15) is 0 Å². The van der Waals surface area contributed by atoms with Crippen molar-refractivity contribution in [3.63, 3.8) is 0 Å². The number of nitrogens with zero attached hydrogens (tertiary/aromatic N) is 1. The second-order valence-electron chi connectivity index (χ2n) is 5.83. The first kappa shape index (κ1) is 15.8. The third-order valence-electron chi connectivity index (χ3n) is 4.24. The molecule has 1 aliphatic rings. The zero-order chi connectivity index (χ0) is 15.4. The lowest BCUT2D eigenvalue weighted by Gasteiger charge is -2.24. The Morgan fingerprint density at radius 1 is 1.27 bits per heavy atom. The van der Waals surface area contributed by atoms with E-state index in [1.165, 1.54) is 41.9 Å². The number of hydrogen-bond acceptors (Lipinski definition) is 2. The van der Waals surface area contributed by atoms with Crippen LogP contribution < -0.4 is 0 Å². The minimum atomic E-state index is 0.460. The first-order valence-electron chi connectivity index (χ1n) is 8.01. The molecule has 116 valence electrons. The van der Waals surface area contributed by atoms with Crippen molar-refractivity contribution in [3.05, 3.63) is 62.8 Å². The van der Waals surface area contributed by atoms with Gasteiger partial charge in [0.05, 0.1) is 6.04 Å². The molecule has 0 bridgehead atoms. The van der Waals surface area contributed by atoms with E-state index in [4.69, 9.17) is 11.6 Å². The lowest BCUT2D eigenvalue weighted by molar-refractivity contribution is 0.270. The first-order valence-corrected chi connectivity index (χ1v) is 9.27. The Kier molecular flexibility index (Phi) is 5.35. The molecule has 0 aliphatic carbocycles. The van der Waals surface area contributed by atoms with Crippen LogP contribution in [0.4, 0.5) is 0 Å². The third-order valence-corrected chi connectivity index (χ3v) is 5.41. The van der Waals surface area contributed by atoms with Gasteiger partial charge in [0.25, 0.3) is 0 Å². The summed E-state index contributed by atoms with van der Waals surface area (Å²) >= 11 is 7.86. The summed E-state index contributed by atoms with van der Waals surface area (Å²) in [6.45, 7) is 4.62. The molecule has 0 spiro atoms. The molecule has 0 saturated carbocycles. The van der Waals surface area contributed by atoms with E-state index in [1.807, 2.05) is 23.5 Å². The lowest BCUT2D eigenvalue weighted by Crippen LogP contribution is -2.24. The van der Waals surface area contributed by atoms with Crippen molar-refractivity contribution < 1.29 is 0 Å². The quantitative estimate of drug-likeness (QED) is 0.646. The van der Waals surface area contributed by atoms with E-state index in [-0.39, 0.29) is 0 Å². The molecule has 1 aliphatic heterocycles. The maximum absolute atomic E-state index is 5.99. The highest BCUT2D eigenvalue weighted by Crippen LogP contribution is 2.40. The van der Waals surface area contributed by atoms with Crippen molar-refractivity contribution in [3.8, 4) is 0 Å². The summed E-state index contributed by atoms with van der Waals surface area (Å²) in [5.41, 5.74) is 2.78. The van der Waals surface area contributed by atoms with Crippen LogP contribution in [0.1, 0.15) is 42.7 Å². The van der Waals surface area contributed by atoms with Crippen LogP contribution >= 0.6 is 22.9 Å². The van der Waals surface area contributed by atoms with Crippen LogP contribution in [0.3, 0.4) is 0 Å². The van der Waals surface area contributed by atoms with E-state index >= 15 is 0 Å². The average Bonchev–Trinajstić information content (AvgIpc) is 3.17. The number of likely N-dealkylation sites (tertiary alicyclic amines) is 1. The van der Waals surface area contributed by atoms with Crippen LogP contribution in [0.25, 0.3) is 6.08 Å². The van der Waals surface area contributed by atoms with Crippen LogP contribution in [0.15, 0.2) is 47.4 Å². The zero-order valence-electron chi connectivity index (χ0n) is 13.0. The minimum Gasteiger partial charge on any atom is -0.292 e. The Labute approximate surface area is 142 Å². The van der Waals surface area contributed by atoms with Crippen molar-refractivity contribution in [1.29, 1.82) is 0 Å². The molecule has 22 heavy (non-hydrogen) atoms. The Morgan fingerprint density at radius 2 is 2.09 bits per heavy atom. The number of thiophene rings is 1. The molecule has 0 N–H and O–H groups in total. The molecule has 2 aromatic rings. The molecule has 1 fully saturated rings. The van der Waals surface area contributed by atoms with Gasteiger partial charge >= 0.3 is 0 Å². The van der Waals surface area contributed by atoms with Crippen LogP contribution in [0.2, 0.25) is 5.02 Å². The Hall–Kier alpha value is -1.09. The Bertz CT molecular complexity index is 615. The highest BCUT2D eigenvalue weighted by atomic mass is 35.5. The Morgan fingerprint density at radius 3 is 2.77 bits per heavy atom. The molecule has 1 saturated heterocycles. The van der Waals surface area contributed by atoms with Crippen molar-refractivity contribution in [1.82, 2.24) is 4.90 Å². The van der Waals surface area contributed by atoms with E-state index in [1.54, 1.807) is 0 Å². The highest BCUT2D eigenvalue weighted by molar-refractivity contribution is 7.10. The third kappa shape index (κ3) is 3.62. The molecule has 1 nitrogen and oxygen atoms in total. The normalized spacial score (nSPS) is 20.8. The van der Waals surface area contributed by atoms with Gasteiger partial charge in [-0.1, -0.05) is 49.2 Å². The van der Waals surface area contributed by atoms with E-state index in [9.17, 15) is 0 Å². The fraction of sp³-hybridized carbons (Fsp3) is 0.368. The van der Waals surface area contributed by atoms with Gasteiger partial charge in [0.2, 0.25) is 0 Å². The SMILES string of the molecule is CCCCN1CC/C(=C\c2ccc(Cl)cc2)C1c1cccs1. The van der Waals surface area contributed by atoms with E-state index < -0.39 is 0 Å². The minimum absolute atomic E-state index is 0.460. The topological polar surface area (TPSA) is 3.24 Å². The smallest absolute Gasteiger partial charge is 0.0659 e. The maximum Gasteiger partial charge on any atom is 0.0659 e. The van der Waals surface area contributed by atoms with Crippen LogP contribution in [-0.4, -0.2) is 18.0 Å². The van der Waals surface area contributed by atoms with Crippen molar-refractivity contribution in [2.24, 2.45) is 0 Å². The molecule has 1 aromatic heterocycles. The van der Waals surface area contributed by atoms with Crippen molar-refractivity contribution >= 4 is 29.0 Å². The van der Waals surface area contributed by atoms with E-state index in [0.717, 1.165) is 11.4 Å². The number of benzene rings is 1. The molecule has 1 unspecified atom stereocenters. The molecular weight excluding hydrogens is 310 g/mol. The zero-order valence-corrected chi connectivity index (χ0v) is 14.5. The average molecular weight is 332 g/mol. The van der Waals surface area contributed by atoms with E-state index in [0.29, 0.717) is 6.04 Å². The van der Waals surface area contributed by atoms with Gasteiger partial charge in [-0.15, -0.1) is 11.3 Å². The summed E-state index contributed by atoms with van der Waals surface area (Å²) < 4.78 is 0. The second kappa shape index (κ2) is 7.45. The first-order chi connectivity index (χ1) is 10.8. The monoisotopic (exact) mass is 331 g/mol. The standard InChI is InChI=1S/C19H22ClNS/c1-2-3-11-21-12-10-16(19(21)18-5-4-13-22-18)14-15-6-8-17(20)9-7-15/h4-9,13-14,19H,2-3,10-12H2,1H3/b16-14+. The molecule has 0 amide bonds. The number of rotatable bonds is 5. The predicted octanol–water partition coefficient (Wildman–Crippen LogP) is 6.03. The van der Waals surface area contributed by atoms with Gasteiger partial charge in [0.15, 0.2) is 0 Å². The molecular formula is C19H22ClNS. The molecule has 3 rings (SSSR count). The molecule has 1 aromatic carbocycles. The summed E-state index contributed by atoms with van der Waals surface area (Å²) in [6.07, 6.45) is 6.04. The van der Waals surface area contributed by atoms with Crippen molar-refractivity contribution in [2.75, 3.05) is 13.1 Å². The van der Waals surface area contributed by atoms with Crippen LogP contribution in [-0.2, 0) is 0 Å². The number of hydrogen-bond donors (Lipinski definition) is 0. The van der Waals surface area contributed by atoms with Gasteiger partial charge in [-0.05, 0) is 54.1 Å². The summed E-state index contributed by atoms with van der Waals surface area (Å²) in [6, 6.07) is 13.1. The summed E-state index contributed by atoms with van der Waals surface area (Å²) in [5.74, 6) is 0.